The quantitative estimate of drug-likeness (QED) is 0.798. The highest BCUT2D eigenvalue weighted by molar-refractivity contribution is 6.08. The van der Waals surface area contributed by atoms with E-state index in [0.717, 1.165) is 0 Å². The highest BCUT2D eigenvalue weighted by atomic mass is 19.1. The van der Waals surface area contributed by atoms with E-state index in [2.05, 4.69) is 10.7 Å². The van der Waals surface area contributed by atoms with Gasteiger partial charge in [-0.1, -0.05) is 30.3 Å². The SMILES string of the molecule is C[C@]1(c2ccccc2)NC(=O)N(NC(=O)COc2ccc(F)cc2)C1=O. The number of nitrogens with one attached hydrogen (secondary N) is 2. The maximum absolute atomic E-state index is 12.8. The van der Waals surface area contributed by atoms with Gasteiger partial charge >= 0.3 is 6.03 Å². The van der Waals surface area contributed by atoms with Gasteiger partial charge in [-0.3, -0.25) is 15.0 Å². The number of rotatable bonds is 5. The Kier molecular flexibility index (Phi) is 4.57. The highest BCUT2D eigenvalue weighted by Crippen LogP contribution is 2.27. The Morgan fingerprint density at radius 3 is 2.46 bits per heavy atom. The molecule has 7 nitrogen and oxygen atoms in total. The van der Waals surface area contributed by atoms with Crippen molar-refractivity contribution in [3.8, 4) is 5.75 Å². The molecule has 3 rings (SSSR count). The molecule has 2 aromatic carbocycles. The lowest BCUT2D eigenvalue weighted by Gasteiger charge is -2.22. The van der Waals surface area contributed by atoms with Crippen LogP contribution in [-0.4, -0.2) is 29.5 Å². The summed E-state index contributed by atoms with van der Waals surface area (Å²) in [6.45, 7) is 1.12. The van der Waals surface area contributed by atoms with Gasteiger partial charge in [0.1, 0.15) is 17.1 Å². The third kappa shape index (κ3) is 3.34. The van der Waals surface area contributed by atoms with Crippen molar-refractivity contribution in [1.82, 2.24) is 15.8 Å². The van der Waals surface area contributed by atoms with Crippen molar-refractivity contribution in [1.29, 1.82) is 0 Å². The fourth-order valence-corrected chi connectivity index (χ4v) is 2.54. The summed E-state index contributed by atoms with van der Waals surface area (Å²) >= 11 is 0. The first kappa shape index (κ1) is 17.4. The van der Waals surface area contributed by atoms with Crippen molar-refractivity contribution in [2.75, 3.05) is 6.61 Å². The number of nitrogens with zero attached hydrogens (tertiary/aromatic N) is 1. The maximum Gasteiger partial charge on any atom is 0.344 e. The van der Waals surface area contributed by atoms with E-state index >= 15 is 0 Å². The molecule has 4 amide bonds. The Bertz CT molecular complexity index is 841. The van der Waals surface area contributed by atoms with Crippen LogP contribution in [0.5, 0.6) is 5.75 Å². The van der Waals surface area contributed by atoms with Crippen LogP contribution in [-0.2, 0) is 15.1 Å². The molecule has 26 heavy (non-hydrogen) atoms. The summed E-state index contributed by atoms with van der Waals surface area (Å²) in [6, 6.07) is 13.1. The number of carbonyl (C=O) groups is 3. The van der Waals surface area contributed by atoms with Crippen LogP contribution in [0.1, 0.15) is 12.5 Å². The minimum atomic E-state index is -1.27. The smallest absolute Gasteiger partial charge is 0.344 e. The summed E-state index contributed by atoms with van der Waals surface area (Å²) in [4.78, 5) is 36.7. The van der Waals surface area contributed by atoms with Crippen molar-refractivity contribution in [3.05, 3.63) is 66.0 Å². The number of hydrogen-bond donors (Lipinski definition) is 2. The summed E-state index contributed by atoms with van der Waals surface area (Å²) in [7, 11) is 0. The van der Waals surface area contributed by atoms with Crippen molar-refractivity contribution >= 4 is 17.8 Å². The van der Waals surface area contributed by atoms with Gasteiger partial charge in [0.25, 0.3) is 11.8 Å². The van der Waals surface area contributed by atoms with E-state index < -0.39 is 35.8 Å². The number of urea groups is 1. The number of ether oxygens (including phenoxy) is 1. The normalized spacial score (nSPS) is 19.2. The van der Waals surface area contributed by atoms with Crippen LogP contribution in [0, 0.1) is 5.82 Å². The third-order valence-electron chi connectivity index (χ3n) is 3.96. The number of halogens is 1. The lowest BCUT2D eigenvalue weighted by Crippen LogP contribution is -2.49. The summed E-state index contributed by atoms with van der Waals surface area (Å²) in [6.07, 6.45) is 0. The van der Waals surface area contributed by atoms with Crippen molar-refractivity contribution in [2.45, 2.75) is 12.5 Å². The largest absolute Gasteiger partial charge is 0.484 e. The molecule has 0 aromatic heterocycles. The van der Waals surface area contributed by atoms with Crippen LogP contribution in [0.4, 0.5) is 9.18 Å². The van der Waals surface area contributed by atoms with E-state index in [1.807, 2.05) is 0 Å². The van der Waals surface area contributed by atoms with Crippen molar-refractivity contribution in [2.24, 2.45) is 0 Å². The van der Waals surface area contributed by atoms with Crippen molar-refractivity contribution in [3.63, 3.8) is 0 Å². The monoisotopic (exact) mass is 357 g/mol. The van der Waals surface area contributed by atoms with Gasteiger partial charge < -0.3 is 10.1 Å². The first-order chi connectivity index (χ1) is 12.4. The molecule has 0 radical (unpaired) electrons. The molecule has 1 fully saturated rings. The molecular weight excluding hydrogens is 341 g/mol. The highest BCUT2D eigenvalue weighted by Gasteiger charge is 2.49. The van der Waals surface area contributed by atoms with E-state index in [1.165, 1.54) is 24.3 Å². The van der Waals surface area contributed by atoms with Crippen LogP contribution < -0.4 is 15.5 Å². The molecule has 1 saturated heterocycles. The predicted octanol–water partition coefficient (Wildman–Crippen LogP) is 1.70. The molecule has 0 aliphatic carbocycles. The molecular formula is C18H16FN3O4. The van der Waals surface area contributed by atoms with Gasteiger partial charge in [-0.15, -0.1) is 0 Å². The molecule has 0 saturated carbocycles. The number of amides is 4. The number of carbonyl (C=O) groups excluding carboxylic acids is 3. The van der Waals surface area contributed by atoms with Gasteiger partial charge in [0.15, 0.2) is 6.61 Å². The van der Waals surface area contributed by atoms with E-state index in [0.29, 0.717) is 10.6 Å². The number of hydrogen-bond acceptors (Lipinski definition) is 4. The van der Waals surface area contributed by atoms with Crippen LogP contribution in [0.3, 0.4) is 0 Å². The van der Waals surface area contributed by atoms with E-state index in [4.69, 9.17) is 4.74 Å². The average molecular weight is 357 g/mol. The molecule has 1 aliphatic rings. The fourth-order valence-electron chi connectivity index (χ4n) is 2.54. The standard InChI is InChI=1S/C18H16FN3O4/c1-18(12-5-3-2-4-6-12)16(24)22(17(25)20-18)21-15(23)11-26-14-9-7-13(19)8-10-14/h2-10H,11H2,1H3,(H,20,25)(H,21,23)/t18-/m1/s1. The summed E-state index contributed by atoms with van der Waals surface area (Å²) < 4.78 is 18.0. The lowest BCUT2D eigenvalue weighted by molar-refractivity contribution is -0.139. The fraction of sp³-hybridized carbons (Fsp3) is 0.167. The van der Waals surface area contributed by atoms with Crippen molar-refractivity contribution < 1.29 is 23.5 Å². The molecule has 1 aliphatic heterocycles. The lowest BCUT2D eigenvalue weighted by atomic mass is 9.92. The third-order valence-corrected chi connectivity index (χ3v) is 3.96. The van der Waals surface area contributed by atoms with Crippen LogP contribution >= 0.6 is 0 Å². The van der Waals surface area contributed by atoms with Gasteiger partial charge in [0.05, 0.1) is 0 Å². The predicted molar refractivity (Wildman–Crippen MR) is 89.2 cm³/mol. The number of benzene rings is 2. The van der Waals surface area contributed by atoms with Crippen LogP contribution in [0.15, 0.2) is 54.6 Å². The average Bonchev–Trinajstić information content (AvgIpc) is 2.86. The Morgan fingerprint density at radius 1 is 1.15 bits per heavy atom. The van der Waals surface area contributed by atoms with E-state index in [-0.39, 0.29) is 5.75 Å². The molecule has 2 aromatic rings. The van der Waals surface area contributed by atoms with Gasteiger partial charge in [-0.2, -0.15) is 5.01 Å². The molecule has 8 heteroatoms. The van der Waals surface area contributed by atoms with Crippen LogP contribution in [0.2, 0.25) is 0 Å². The summed E-state index contributed by atoms with van der Waals surface area (Å²) in [5.74, 6) is -1.45. The second kappa shape index (κ2) is 6.83. The summed E-state index contributed by atoms with van der Waals surface area (Å²) in [5, 5.41) is 3.20. The molecule has 1 heterocycles. The molecule has 0 bridgehead atoms. The molecule has 0 spiro atoms. The second-order valence-electron chi connectivity index (χ2n) is 5.84. The molecule has 1 atom stereocenters. The Labute approximate surface area is 148 Å². The van der Waals surface area contributed by atoms with E-state index in [1.54, 1.807) is 37.3 Å². The van der Waals surface area contributed by atoms with E-state index in [9.17, 15) is 18.8 Å². The molecule has 0 unspecified atom stereocenters. The van der Waals surface area contributed by atoms with Gasteiger partial charge in [0.2, 0.25) is 0 Å². The Morgan fingerprint density at radius 2 is 1.81 bits per heavy atom. The number of hydrazine groups is 1. The molecule has 2 N–H and O–H groups in total. The zero-order chi connectivity index (χ0) is 18.7. The Balaban J connectivity index is 1.64. The summed E-state index contributed by atoms with van der Waals surface area (Å²) in [5.41, 5.74) is 1.54. The molecule has 134 valence electrons. The van der Waals surface area contributed by atoms with Gasteiger partial charge in [0, 0.05) is 0 Å². The minimum absolute atomic E-state index is 0.285. The van der Waals surface area contributed by atoms with Gasteiger partial charge in [-0.25, -0.2) is 9.18 Å². The zero-order valence-corrected chi connectivity index (χ0v) is 13.9. The first-order valence-corrected chi connectivity index (χ1v) is 7.80. The van der Waals surface area contributed by atoms with Crippen LogP contribution in [0.25, 0.3) is 0 Å². The topological polar surface area (TPSA) is 87.7 Å². The Hall–Kier alpha value is -3.42. The first-order valence-electron chi connectivity index (χ1n) is 7.80. The maximum atomic E-state index is 12.8. The zero-order valence-electron chi connectivity index (χ0n) is 13.9. The minimum Gasteiger partial charge on any atom is -0.484 e. The second-order valence-corrected chi connectivity index (χ2v) is 5.84. The van der Waals surface area contributed by atoms with Gasteiger partial charge in [-0.05, 0) is 36.8 Å². The number of imide groups is 1.